The van der Waals surface area contributed by atoms with Crippen molar-refractivity contribution < 1.29 is 13.2 Å². The summed E-state index contributed by atoms with van der Waals surface area (Å²) in [6, 6.07) is 9.81. The topological polar surface area (TPSA) is 57.7 Å². The summed E-state index contributed by atoms with van der Waals surface area (Å²) < 4.78 is 24.3. The molecule has 1 aliphatic heterocycles. The highest BCUT2D eigenvalue weighted by molar-refractivity contribution is 8.00. The third-order valence-corrected chi connectivity index (χ3v) is 5.83. The summed E-state index contributed by atoms with van der Waals surface area (Å²) in [5.74, 6) is 0.0667. The van der Waals surface area contributed by atoms with Gasteiger partial charge in [0.1, 0.15) is 0 Å². The van der Waals surface area contributed by atoms with Gasteiger partial charge >= 0.3 is 0 Å². The molecule has 0 spiro atoms. The molecular weight excluding hydrogens is 308 g/mol. The van der Waals surface area contributed by atoms with Crippen molar-refractivity contribution in [1.29, 1.82) is 0 Å². The summed E-state index contributed by atoms with van der Waals surface area (Å²) >= 11 is 1.53. The zero-order chi connectivity index (χ0) is 15.5. The quantitative estimate of drug-likeness (QED) is 0.781. The van der Waals surface area contributed by atoms with Gasteiger partial charge in [-0.15, -0.1) is 11.8 Å². The molecule has 0 aromatic heterocycles. The average molecular weight is 328 g/mol. The highest BCUT2D eigenvalue weighted by Gasteiger charge is 2.28. The van der Waals surface area contributed by atoms with E-state index in [1.165, 1.54) is 22.3 Å². The van der Waals surface area contributed by atoms with E-state index in [9.17, 15) is 13.2 Å². The van der Waals surface area contributed by atoms with Crippen molar-refractivity contribution in [2.24, 2.45) is 0 Å². The Kier molecular flexibility index (Phi) is 5.29. The number of carbonyl (C=O) groups is 1. The Balaban J connectivity index is 1.90. The SMILES string of the molecule is C[C@@H](Sc1ccccc1)C(=O)N1CCN(S(C)(=O)=O)CC1. The Morgan fingerprint density at radius 1 is 1.14 bits per heavy atom. The van der Waals surface area contributed by atoms with Gasteiger partial charge in [0.05, 0.1) is 11.5 Å². The Bertz CT molecular complexity index is 581. The van der Waals surface area contributed by atoms with Crippen LogP contribution in [0.2, 0.25) is 0 Å². The molecule has 0 unspecified atom stereocenters. The second-order valence-corrected chi connectivity index (χ2v) is 8.46. The minimum absolute atomic E-state index is 0.0667. The summed E-state index contributed by atoms with van der Waals surface area (Å²) in [5, 5.41) is -0.169. The number of benzene rings is 1. The fraction of sp³-hybridized carbons (Fsp3) is 0.500. The van der Waals surface area contributed by atoms with Crippen molar-refractivity contribution in [2.45, 2.75) is 17.1 Å². The molecule has 0 aliphatic carbocycles. The molecule has 1 saturated heterocycles. The van der Waals surface area contributed by atoms with E-state index >= 15 is 0 Å². The standard InChI is InChI=1S/C14H20N2O3S2/c1-12(20-13-6-4-3-5-7-13)14(17)15-8-10-16(11-9-15)21(2,18)19/h3-7,12H,8-11H2,1-2H3/t12-/m1/s1. The van der Waals surface area contributed by atoms with Crippen LogP contribution in [0.5, 0.6) is 0 Å². The average Bonchev–Trinajstić information content (AvgIpc) is 2.46. The van der Waals surface area contributed by atoms with Gasteiger partial charge in [-0.25, -0.2) is 8.42 Å². The first-order valence-electron chi connectivity index (χ1n) is 6.83. The minimum Gasteiger partial charge on any atom is -0.339 e. The first kappa shape index (κ1) is 16.3. The summed E-state index contributed by atoms with van der Waals surface area (Å²) in [4.78, 5) is 15.2. The lowest BCUT2D eigenvalue weighted by molar-refractivity contribution is -0.131. The molecule has 116 valence electrons. The molecule has 1 atom stereocenters. The largest absolute Gasteiger partial charge is 0.339 e. The predicted octanol–water partition coefficient (Wildman–Crippen LogP) is 1.27. The summed E-state index contributed by atoms with van der Waals surface area (Å²) in [5.41, 5.74) is 0. The molecule has 1 amide bonds. The van der Waals surface area contributed by atoms with Gasteiger partial charge < -0.3 is 4.90 Å². The number of piperazine rings is 1. The van der Waals surface area contributed by atoms with E-state index < -0.39 is 10.0 Å². The lowest BCUT2D eigenvalue weighted by Gasteiger charge is -2.34. The van der Waals surface area contributed by atoms with Crippen LogP contribution in [0.4, 0.5) is 0 Å². The van der Waals surface area contributed by atoms with E-state index in [1.54, 1.807) is 4.90 Å². The Morgan fingerprint density at radius 3 is 2.24 bits per heavy atom. The van der Waals surface area contributed by atoms with E-state index in [-0.39, 0.29) is 11.2 Å². The van der Waals surface area contributed by atoms with E-state index in [0.29, 0.717) is 26.2 Å². The minimum atomic E-state index is -3.15. The maximum absolute atomic E-state index is 12.4. The molecule has 7 heteroatoms. The van der Waals surface area contributed by atoms with Gasteiger partial charge in [-0.3, -0.25) is 4.79 Å². The van der Waals surface area contributed by atoms with Crippen LogP contribution in [0.15, 0.2) is 35.2 Å². The van der Waals surface area contributed by atoms with Gasteiger partial charge in [0.2, 0.25) is 15.9 Å². The van der Waals surface area contributed by atoms with Gasteiger partial charge in [0.25, 0.3) is 0 Å². The monoisotopic (exact) mass is 328 g/mol. The molecule has 5 nitrogen and oxygen atoms in total. The van der Waals surface area contributed by atoms with Crippen molar-refractivity contribution >= 4 is 27.7 Å². The number of rotatable bonds is 4. The van der Waals surface area contributed by atoms with E-state index in [2.05, 4.69) is 0 Å². The molecule has 1 aliphatic rings. The fourth-order valence-corrected chi connectivity index (χ4v) is 4.05. The first-order chi connectivity index (χ1) is 9.88. The fourth-order valence-electron chi connectivity index (χ4n) is 2.25. The third-order valence-electron chi connectivity index (χ3n) is 3.42. The lowest BCUT2D eigenvalue weighted by atomic mass is 10.3. The third kappa shape index (κ3) is 4.46. The van der Waals surface area contributed by atoms with Crippen molar-refractivity contribution in [3.8, 4) is 0 Å². The molecule has 1 fully saturated rings. The van der Waals surface area contributed by atoms with Crippen LogP contribution in [-0.4, -0.2) is 61.2 Å². The Labute approximate surface area is 130 Å². The van der Waals surface area contributed by atoms with E-state index in [0.717, 1.165) is 4.90 Å². The summed E-state index contributed by atoms with van der Waals surface area (Å²) in [7, 11) is -3.15. The molecule has 0 bridgehead atoms. The maximum Gasteiger partial charge on any atom is 0.235 e. The van der Waals surface area contributed by atoms with Crippen LogP contribution in [0.3, 0.4) is 0 Å². The van der Waals surface area contributed by atoms with Gasteiger partial charge in [-0.05, 0) is 19.1 Å². The molecular formula is C14H20N2O3S2. The number of carbonyl (C=O) groups excluding carboxylic acids is 1. The highest BCUT2D eigenvalue weighted by atomic mass is 32.2. The number of nitrogens with zero attached hydrogens (tertiary/aromatic N) is 2. The number of hydrogen-bond acceptors (Lipinski definition) is 4. The van der Waals surface area contributed by atoms with Gasteiger partial charge in [-0.2, -0.15) is 4.31 Å². The van der Waals surface area contributed by atoms with Crippen molar-refractivity contribution in [3.05, 3.63) is 30.3 Å². The second kappa shape index (κ2) is 6.81. The number of amides is 1. The van der Waals surface area contributed by atoms with Crippen LogP contribution >= 0.6 is 11.8 Å². The van der Waals surface area contributed by atoms with Gasteiger partial charge in [-0.1, -0.05) is 18.2 Å². The van der Waals surface area contributed by atoms with Crippen LogP contribution in [0.25, 0.3) is 0 Å². The molecule has 21 heavy (non-hydrogen) atoms. The summed E-state index contributed by atoms with van der Waals surface area (Å²) in [6.07, 6.45) is 1.21. The zero-order valence-electron chi connectivity index (χ0n) is 12.2. The molecule has 2 rings (SSSR count). The number of hydrogen-bond donors (Lipinski definition) is 0. The number of thioether (sulfide) groups is 1. The molecule has 1 aromatic carbocycles. The molecule has 0 saturated carbocycles. The molecule has 1 heterocycles. The Morgan fingerprint density at radius 2 is 1.71 bits per heavy atom. The van der Waals surface area contributed by atoms with Crippen LogP contribution < -0.4 is 0 Å². The molecule has 1 aromatic rings. The van der Waals surface area contributed by atoms with Gasteiger partial charge in [0, 0.05) is 31.1 Å². The van der Waals surface area contributed by atoms with Gasteiger partial charge in [0.15, 0.2) is 0 Å². The number of sulfonamides is 1. The highest BCUT2D eigenvalue weighted by Crippen LogP contribution is 2.24. The van der Waals surface area contributed by atoms with Crippen molar-refractivity contribution in [2.75, 3.05) is 32.4 Å². The summed E-state index contributed by atoms with van der Waals surface area (Å²) in [6.45, 7) is 3.58. The van der Waals surface area contributed by atoms with Crippen molar-refractivity contribution in [3.63, 3.8) is 0 Å². The van der Waals surface area contributed by atoms with Crippen LogP contribution in [0, 0.1) is 0 Å². The smallest absolute Gasteiger partial charge is 0.235 e. The van der Waals surface area contributed by atoms with Crippen molar-refractivity contribution in [1.82, 2.24) is 9.21 Å². The zero-order valence-corrected chi connectivity index (χ0v) is 13.9. The normalized spacial score (nSPS) is 18.5. The van der Waals surface area contributed by atoms with E-state index in [4.69, 9.17) is 0 Å². The maximum atomic E-state index is 12.4. The Hall–Kier alpha value is -1.05. The first-order valence-corrected chi connectivity index (χ1v) is 9.56. The predicted molar refractivity (Wildman–Crippen MR) is 84.8 cm³/mol. The lowest BCUT2D eigenvalue weighted by Crippen LogP contribution is -2.51. The second-order valence-electron chi connectivity index (χ2n) is 5.06. The molecule has 0 N–H and O–H groups in total. The molecule has 0 radical (unpaired) electrons. The van der Waals surface area contributed by atoms with Crippen LogP contribution in [-0.2, 0) is 14.8 Å². The van der Waals surface area contributed by atoms with Crippen LogP contribution in [0.1, 0.15) is 6.92 Å². The van der Waals surface area contributed by atoms with E-state index in [1.807, 2.05) is 37.3 Å².